The molecule has 0 saturated carbocycles. The van der Waals surface area contributed by atoms with Gasteiger partial charge in [0.25, 0.3) is 0 Å². The molecular formula is C10H9NO2S. The summed E-state index contributed by atoms with van der Waals surface area (Å²) in [6.45, 7) is 1.51. The van der Waals surface area contributed by atoms with Crippen LogP contribution in [0.2, 0.25) is 0 Å². The van der Waals surface area contributed by atoms with E-state index in [9.17, 15) is 4.79 Å². The van der Waals surface area contributed by atoms with Gasteiger partial charge in [0.05, 0.1) is 11.9 Å². The van der Waals surface area contributed by atoms with Crippen LogP contribution in [0.1, 0.15) is 12.6 Å². The normalized spacial score (nSPS) is 8.93. The molecular weight excluding hydrogens is 198 g/mol. The number of aromatic nitrogens is 1. The van der Waals surface area contributed by atoms with E-state index in [1.807, 2.05) is 0 Å². The van der Waals surface area contributed by atoms with Crippen molar-refractivity contribution < 1.29 is 9.90 Å². The molecule has 4 heteroatoms. The molecule has 1 aromatic rings. The fourth-order valence-electron chi connectivity index (χ4n) is 0.724. The lowest BCUT2D eigenvalue weighted by Gasteiger charge is -1.90. The molecule has 0 aliphatic rings. The zero-order valence-corrected chi connectivity index (χ0v) is 8.47. The SMILES string of the molecule is CC(=O)SCC#Cc1ccc(O)cn1. The van der Waals surface area contributed by atoms with Gasteiger partial charge in [0, 0.05) is 6.92 Å². The third-order valence-electron chi connectivity index (χ3n) is 1.31. The van der Waals surface area contributed by atoms with E-state index in [0.29, 0.717) is 11.4 Å². The molecule has 1 N–H and O–H groups in total. The highest BCUT2D eigenvalue weighted by Gasteiger charge is 1.90. The molecule has 1 rings (SSSR count). The summed E-state index contributed by atoms with van der Waals surface area (Å²) >= 11 is 1.16. The number of nitrogens with zero attached hydrogens (tertiary/aromatic N) is 1. The Hall–Kier alpha value is -1.47. The van der Waals surface area contributed by atoms with E-state index in [-0.39, 0.29) is 10.9 Å². The molecule has 0 unspecified atom stereocenters. The maximum absolute atomic E-state index is 10.5. The number of hydrogen-bond acceptors (Lipinski definition) is 4. The van der Waals surface area contributed by atoms with E-state index in [2.05, 4.69) is 16.8 Å². The second-order valence-corrected chi connectivity index (χ2v) is 3.64. The molecule has 14 heavy (non-hydrogen) atoms. The van der Waals surface area contributed by atoms with E-state index in [1.54, 1.807) is 6.07 Å². The molecule has 3 nitrogen and oxygen atoms in total. The molecule has 0 fully saturated rings. The van der Waals surface area contributed by atoms with Gasteiger partial charge in [0.15, 0.2) is 5.12 Å². The zero-order valence-electron chi connectivity index (χ0n) is 7.65. The summed E-state index contributed by atoms with van der Waals surface area (Å²) in [6, 6.07) is 3.15. The molecule has 0 radical (unpaired) electrons. The van der Waals surface area contributed by atoms with Crippen molar-refractivity contribution in [1.82, 2.24) is 4.98 Å². The predicted octanol–water partition coefficient (Wildman–Crippen LogP) is 1.42. The number of rotatable bonds is 1. The third kappa shape index (κ3) is 3.97. The standard InChI is InChI=1S/C10H9NO2S/c1-8(12)14-6-2-3-9-4-5-10(13)7-11-9/h4-5,7,13H,6H2,1H3. The Morgan fingerprint density at radius 3 is 3.00 bits per heavy atom. The minimum absolute atomic E-state index is 0.0537. The van der Waals surface area contributed by atoms with Crippen molar-refractivity contribution in [3.8, 4) is 17.6 Å². The summed E-state index contributed by atoms with van der Waals surface area (Å²) < 4.78 is 0. The van der Waals surface area contributed by atoms with Crippen molar-refractivity contribution in [1.29, 1.82) is 0 Å². The summed E-state index contributed by atoms with van der Waals surface area (Å²) in [5, 5.41) is 9.00. The summed E-state index contributed by atoms with van der Waals surface area (Å²) in [5.41, 5.74) is 0.590. The highest BCUT2D eigenvalue weighted by molar-refractivity contribution is 8.13. The monoisotopic (exact) mass is 207 g/mol. The van der Waals surface area contributed by atoms with Crippen molar-refractivity contribution in [2.75, 3.05) is 5.75 Å². The van der Waals surface area contributed by atoms with Crippen molar-refractivity contribution in [2.24, 2.45) is 0 Å². The molecule has 0 amide bonds. The largest absolute Gasteiger partial charge is 0.506 e. The van der Waals surface area contributed by atoms with Gasteiger partial charge in [-0.2, -0.15) is 0 Å². The van der Waals surface area contributed by atoms with Crippen molar-refractivity contribution in [3.05, 3.63) is 24.0 Å². The Morgan fingerprint density at radius 1 is 1.64 bits per heavy atom. The number of carbonyl (C=O) groups excluding carboxylic acids is 1. The maximum Gasteiger partial charge on any atom is 0.186 e. The highest BCUT2D eigenvalue weighted by atomic mass is 32.2. The lowest BCUT2D eigenvalue weighted by Crippen LogP contribution is -1.83. The average Bonchev–Trinajstić information content (AvgIpc) is 2.15. The van der Waals surface area contributed by atoms with Gasteiger partial charge in [-0.25, -0.2) is 4.98 Å². The summed E-state index contributed by atoms with van der Waals surface area (Å²) in [6.07, 6.45) is 1.34. The highest BCUT2D eigenvalue weighted by Crippen LogP contribution is 2.04. The van der Waals surface area contributed by atoms with Crippen LogP contribution in [0.5, 0.6) is 5.75 Å². The van der Waals surface area contributed by atoms with E-state index in [0.717, 1.165) is 11.8 Å². The fraction of sp³-hybridized carbons (Fsp3) is 0.200. The summed E-state index contributed by atoms with van der Waals surface area (Å²) in [5.74, 6) is 6.17. The van der Waals surface area contributed by atoms with Gasteiger partial charge in [-0.1, -0.05) is 17.7 Å². The number of carbonyl (C=O) groups is 1. The van der Waals surface area contributed by atoms with Gasteiger partial charge >= 0.3 is 0 Å². The van der Waals surface area contributed by atoms with E-state index in [4.69, 9.17) is 5.11 Å². The van der Waals surface area contributed by atoms with Crippen LogP contribution in [0, 0.1) is 11.8 Å². The molecule has 1 heterocycles. The zero-order chi connectivity index (χ0) is 10.4. The van der Waals surface area contributed by atoms with Gasteiger partial charge in [-0.05, 0) is 18.1 Å². The van der Waals surface area contributed by atoms with Gasteiger partial charge in [-0.15, -0.1) is 0 Å². The third-order valence-corrected chi connectivity index (χ3v) is 2.01. The minimum Gasteiger partial charge on any atom is -0.506 e. The average molecular weight is 207 g/mol. The molecule has 72 valence electrons. The van der Waals surface area contributed by atoms with E-state index in [1.165, 1.54) is 19.2 Å². The van der Waals surface area contributed by atoms with Gasteiger partial charge in [0.1, 0.15) is 11.4 Å². The molecule has 0 aliphatic heterocycles. The second kappa shape index (κ2) is 5.30. The molecule has 1 aromatic heterocycles. The molecule has 0 aliphatic carbocycles. The quantitative estimate of drug-likeness (QED) is 0.707. The van der Waals surface area contributed by atoms with Crippen molar-refractivity contribution in [3.63, 3.8) is 0 Å². The van der Waals surface area contributed by atoms with Crippen LogP contribution in [0.25, 0.3) is 0 Å². The predicted molar refractivity (Wildman–Crippen MR) is 55.9 cm³/mol. The molecule has 0 bridgehead atoms. The summed E-state index contributed by atoms with van der Waals surface area (Å²) in [7, 11) is 0. The second-order valence-electron chi connectivity index (χ2n) is 2.48. The van der Waals surface area contributed by atoms with Crippen LogP contribution in [0.15, 0.2) is 18.3 Å². The lowest BCUT2D eigenvalue weighted by molar-refractivity contribution is -0.109. The number of pyridine rings is 1. The smallest absolute Gasteiger partial charge is 0.186 e. The first-order valence-corrected chi connectivity index (χ1v) is 4.94. The van der Waals surface area contributed by atoms with Crippen LogP contribution in [0.3, 0.4) is 0 Å². The first-order valence-electron chi connectivity index (χ1n) is 3.96. The topological polar surface area (TPSA) is 50.2 Å². The molecule has 0 aromatic carbocycles. The fourth-order valence-corrected chi connectivity index (χ4v) is 1.07. The van der Waals surface area contributed by atoms with Crippen molar-refractivity contribution in [2.45, 2.75) is 6.92 Å². The molecule has 0 atom stereocenters. The molecule has 0 saturated heterocycles. The van der Waals surface area contributed by atoms with Crippen LogP contribution in [-0.2, 0) is 4.79 Å². The van der Waals surface area contributed by atoms with E-state index < -0.39 is 0 Å². The molecule has 0 spiro atoms. The number of hydrogen-bond donors (Lipinski definition) is 1. The van der Waals surface area contributed by atoms with Crippen molar-refractivity contribution >= 4 is 16.9 Å². The number of thioether (sulfide) groups is 1. The Morgan fingerprint density at radius 2 is 2.43 bits per heavy atom. The van der Waals surface area contributed by atoms with Crippen LogP contribution >= 0.6 is 11.8 Å². The Kier molecular flexibility index (Phi) is 4.02. The Bertz CT molecular complexity index is 375. The van der Waals surface area contributed by atoms with Gasteiger partial charge in [-0.3, -0.25) is 4.79 Å². The Labute approximate surface area is 86.6 Å². The number of aromatic hydroxyl groups is 1. The minimum atomic E-state index is 0.0537. The first-order chi connectivity index (χ1) is 6.68. The van der Waals surface area contributed by atoms with Crippen LogP contribution < -0.4 is 0 Å². The first kappa shape index (κ1) is 10.6. The Balaban J connectivity index is 2.51. The maximum atomic E-state index is 10.5. The van der Waals surface area contributed by atoms with E-state index >= 15 is 0 Å². The van der Waals surface area contributed by atoms with Gasteiger partial charge in [0.2, 0.25) is 0 Å². The summed E-state index contributed by atoms with van der Waals surface area (Å²) in [4.78, 5) is 14.4. The van der Waals surface area contributed by atoms with Crippen LogP contribution in [0.4, 0.5) is 0 Å². The van der Waals surface area contributed by atoms with Gasteiger partial charge < -0.3 is 5.11 Å². The van der Waals surface area contributed by atoms with Crippen LogP contribution in [-0.4, -0.2) is 21.0 Å². The lowest BCUT2D eigenvalue weighted by atomic mass is 10.3.